The van der Waals surface area contributed by atoms with Crippen molar-refractivity contribution in [3.05, 3.63) is 11.7 Å². The summed E-state index contributed by atoms with van der Waals surface area (Å²) in [5.41, 5.74) is 0. The van der Waals surface area contributed by atoms with Crippen LogP contribution in [0.4, 0.5) is 0 Å². The number of rotatable bonds is 11. The monoisotopic (exact) mass is 337 g/mol. The largest absolute Gasteiger partial charge is 0.356 e. The minimum atomic E-state index is 0.297. The van der Waals surface area contributed by atoms with Gasteiger partial charge in [-0.25, -0.2) is 0 Å². The van der Waals surface area contributed by atoms with E-state index < -0.39 is 0 Å². The minimum absolute atomic E-state index is 0.297. The molecule has 0 aromatic carbocycles. The van der Waals surface area contributed by atoms with Crippen LogP contribution in [0.3, 0.4) is 0 Å². The molecule has 0 unspecified atom stereocenters. The molecule has 1 aromatic heterocycles. The molecule has 138 valence electrons. The topological polar surface area (TPSA) is 75.3 Å². The summed E-state index contributed by atoms with van der Waals surface area (Å²) in [7, 11) is 1.79. The van der Waals surface area contributed by atoms with E-state index in [-0.39, 0.29) is 0 Å². The van der Waals surface area contributed by atoms with Crippen molar-refractivity contribution >= 4 is 5.96 Å². The first-order valence-corrected chi connectivity index (χ1v) is 9.30. The van der Waals surface area contributed by atoms with Crippen LogP contribution >= 0.6 is 0 Å². The van der Waals surface area contributed by atoms with Crippen LogP contribution in [-0.4, -0.2) is 36.2 Å². The Kier molecular flexibility index (Phi) is 10.1. The third kappa shape index (κ3) is 8.89. The van der Waals surface area contributed by atoms with E-state index in [0.717, 1.165) is 30.8 Å². The molecule has 0 amide bonds. The smallest absolute Gasteiger partial charge is 0.228 e. The number of aromatic nitrogens is 2. The second-order valence-electron chi connectivity index (χ2n) is 6.97. The normalized spacial score (nSPS) is 12.2. The molecular formula is C18H35N5O. The highest BCUT2D eigenvalue weighted by molar-refractivity contribution is 5.79. The van der Waals surface area contributed by atoms with Crippen molar-refractivity contribution < 1.29 is 4.52 Å². The Bertz CT molecular complexity index is 468. The van der Waals surface area contributed by atoms with Crippen LogP contribution in [0.2, 0.25) is 0 Å². The van der Waals surface area contributed by atoms with Crippen LogP contribution in [-0.2, 0) is 6.42 Å². The van der Waals surface area contributed by atoms with Crippen LogP contribution < -0.4 is 10.6 Å². The molecule has 0 radical (unpaired) electrons. The fourth-order valence-corrected chi connectivity index (χ4v) is 2.35. The van der Waals surface area contributed by atoms with Crippen molar-refractivity contribution in [1.82, 2.24) is 20.8 Å². The fourth-order valence-electron chi connectivity index (χ4n) is 2.35. The molecule has 0 aliphatic rings. The molecule has 0 fully saturated rings. The number of nitrogens with one attached hydrogen (secondary N) is 2. The van der Waals surface area contributed by atoms with Gasteiger partial charge in [0.1, 0.15) is 0 Å². The molecule has 6 heteroatoms. The Morgan fingerprint density at radius 3 is 2.38 bits per heavy atom. The molecule has 1 rings (SSSR count). The van der Waals surface area contributed by atoms with Gasteiger partial charge in [0.2, 0.25) is 5.89 Å². The van der Waals surface area contributed by atoms with Gasteiger partial charge >= 0.3 is 0 Å². The van der Waals surface area contributed by atoms with Crippen LogP contribution in [0.1, 0.15) is 77.4 Å². The Morgan fingerprint density at radius 2 is 1.75 bits per heavy atom. The Morgan fingerprint density at radius 1 is 1.04 bits per heavy atom. The van der Waals surface area contributed by atoms with E-state index in [4.69, 9.17) is 4.52 Å². The van der Waals surface area contributed by atoms with Gasteiger partial charge < -0.3 is 15.2 Å². The highest BCUT2D eigenvalue weighted by atomic mass is 16.5. The number of hydrogen-bond acceptors (Lipinski definition) is 4. The lowest BCUT2D eigenvalue weighted by Gasteiger charge is -2.11. The van der Waals surface area contributed by atoms with Gasteiger partial charge in [-0.1, -0.05) is 58.5 Å². The van der Waals surface area contributed by atoms with Crippen LogP contribution in [0.25, 0.3) is 0 Å². The predicted molar refractivity (Wildman–Crippen MR) is 99.4 cm³/mol. The van der Waals surface area contributed by atoms with Gasteiger partial charge in [-0.2, -0.15) is 4.98 Å². The maximum absolute atomic E-state index is 5.23. The van der Waals surface area contributed by atoms with Crippen molar-refractivity contribution in [2.24, 2.45) is 10.9 Å². The summed E-state index contributed by atoms with van der Waals surface area (Å²) in [6, 6.07) is 0. The summed E-state index contributed by atoms with van der Waals surface area (Å²) in [6.45, 7) is 10.4. The Hall–Kier alpha value is -1.59. The lowest BCUT2D eigenvalue weighted by molar-refractivity contribution is 0.371. The molecule has 2 N–H and O–H groups in total. The molecule has 0 saturated heterocycles. The summed E-state index contributed by atoms with van der Waals surface area (Å²) in [4.78, 5) is 8.61. The molecule has 0 atom stereocenters. The molecule has 24 heavy (non-hydrogen) atoms. The lowest BCUT2D eigenvalue weighted by Crippen LogP contribution is -2.38. The van der Waals surface area contributed by atoms with Crippen molar-refractivity contribution in [3.63, 3.8) is 0 Å². The molecule has 1 heterocycles. The molecular weight excluding hydrogens is 302 g/mol. The highest BCUT2D eigenvalue weighted by Crippen LogP contribution is 2.10. The van der Waals surface area contributed by atoms with Crippen molar-refractivity contribution in [2.75, 3.05) is 20.1 Å². The summed E-state index contributed by atoms with van der Waals surface area (Å²) in [5, 5.41) is 10.6. The first-order chi connectivity index (χ1) is 11.5. The van der Waals surface area contributed by atoms with Gasteiger partial charge in [-0.3, -0.25) is 4.99 Å². The summed E-state index contributed by atoms with van der Waals surface area (Å²) in [6.07, 6.45) is 7.16. The van der Waals surface area contributed by atoms with Gasteiger partial charge in [-0.15, -0.1) is 0 Å². The van der Waals surface area contributed by atoms with E-state index in [1.165, 1.54) is 32.1 Å². The van der Waals surface area contributed by atoms with E-state index in [0.29, 0.717) is 18.2 Å². The van der Waals surface area contributed by atoms with Gasteiger partial charge in [0.25, 0.3) is 0 Å². The predicted octanol–water partition coefficient (Wildman–Crippen LogP) is 3.51. The number of aliphatic imine (C=N–C) groups is 1. The van der Waals surface area contributed by atoms with E-state index in [2.05, 4.69) is 53.5 Å². The third-order valence-electron chi connectivity index (χ3n) is 3.86. The first kappa shape index (κ1) is 20.5. The molecule has 0 spiro atoms. The molecule has 1 aromatic rings. The van der Waals surface area contributed by atoms with Crippen molar-refractivity contribution in [1.29, 1.82) is 0 Å². The van der Waals surface area contributed by atoms with Crippen LogP contribution in [0.15, 0.2) is 9.52 Å². The second-order valence-corrected chi connectivity index (χ2v) is 6.97. The number of hydrogen-bond donors (Lipinski definition) is 2. The summed E-state index contributed by atoms with van der Waals surface area (Å²) < 4.78 is 5.23. The number of nitrogens with zero attached hydrogens (tertiary/aromatic N) is 3. The molecule has 0 aliphatic carbocycles. The minimum Gasteiger partial charge on any atom is -0.356 e. The van der Waals surface area contributed by atoms with E-state index in [9.17, 15) is 0 Å². The van der Waals surface area contributed by atoms with Gasteiger partial charge in [-0.05, 0) is 12.3 Å². The van der Waals surface area contributed by atoms with E-state index in [1.54, 1.807) is 7.05 Å². The second kappa shape index (κ2) is 11.9. The lowest BCUT2D eigenvalue weighted by atomic mass is 10.0. The summed E-state index contributed by atoms with van der Waals surface area (Å²) in [5.74, 6) is 3.39. The van der Waals surface area contributed by atoms with Crippen LogP contribution in [0, 0.1) is 5.92 Å². The van der Waals surface area contributed by atoms with Gasteiger partial charge in [0.15, 0.2) is 11.8 Å². The molecule has 0 bridgehead atoms. The SMILES string of the molecule is CN=C(NCCCCCCC(C)C)NCCc1nc(C(C)C)no1. The summed E-state index contributed by atoms with van der Waals surface area (Å²) >= 11 is 0. The number of guanidine groups is 1. The molecule has 0 saturated carbocycles. The fraction of sp³-hybridized carbons (Fsp3) is 0.833. The maximum atomic E-state index is 5.23. The number of unbranched alkanes of at least 4 members (excludes halogenated alkanes) is 3. The van der Waals surface area contributed by atoms with E-state index >= 15 is 0 Å². The molecule has 0 aliphatic heterocycles. The third-order valence-corrected chi connectivity index (χ3v) is 3.86. The average molecular weight is 338 g/mol. The zero-order valence-corrected chi connectivity index (χ0v) is 16.1. The quantitative estimate of drug-likeness (QED) is 0.367. The average Bonchev–Trinajstić information content (AvgIpc) is 3.01. The van der Waals surface area contributed by atoms with Gasteiger partial charge in [0.05, 0.1) is 0 Å². The zero-order valence-electron chi connectivity index (χ0n) is 16.1. The van der Waals surface area contributed by atoms with Crippen molar-refractivity contribution in [3.8, 4) is 0 Å². The Labute approximate surface area is 146 Å². The maximum Gasteiger partial charge on any atom is 0.228 e. The first-order valence-electron chi connectivity index (χ1n) is 9.30. The standard InChI is InChI=1S/C18H35N5O/c1-14(2)10-8-6-7-9-12-20-18(19-5)21-13-11-16-22-17(15(3)4)23-24-16/h14-15H,6-13H2,1-5H3,(H2,19,20,21). The van der Waals surface area contributed by atoms with Crippen molar-refractivity contribution in [2.45, 2.75) is 72.1 Å². The zero-order chi connectivity index (χ0) is 17.8. The highest BCUT2D eigenvalue weighted by Gasteiger charge is 2.09. The van der Waals surface area contributed by atoms with Crippen LogP contribution in [0.5, 0.6) is 0 Å². The van der Waals surface area contributed by atoms with Gasteiger partial charge in [0, 0.05) is 32.5 Å². The van der Waals surface area contributed by atoms with E-state index in [1.807, 2.05) is 0 Å². The molecule has 6 nitrogen and oxygen atoms in total. The Balaban J connectivity index is 2.10.